The summed E-state index contributed by atoms with van der Waals surface area (Å²) < 4.78 is 9.83. The first-order valence-electron chi connectivity index (χ1n) is 10.3. The average Bonchev–Trinajstić information content (AvgIpc) is 3.15. The van der Waals surface area contributed by atoms with Gasteiger partial charge >= 0.3 is 5.69 Å². The minimum atomic E-state index is -0.890. The van der Waals surface area contributed by atoms with Crippen LogP contribution in [-0.2, 0) is 20.6 Å². The van der Waals surface area contributed by atoms with Crippen molar-refractivity contribution in [3.8, 4) is 5.75 Å². The van der Waals surface area contributed by atoms with E-state index in [0.29, 0.717) is 27.9 Å². The number of hydrogen-bond donors (Lipinski definition) is 1. The molecule has 2 aromatic heterocycles. The minimum absolute atomic E-state index is 0.0345. The smallest absolute Gasteiger partial charge is 0.332 e. The number of halogens is 1. The maximum Gasteiger partial charge on any atom is 0.332 e. The van der Waals surface area contributed by atoms with E-state index in [-0.39, 0.29) is 13.2 Å². The van der Waals surface area contributed by atoms with E-state index in [2.05, 4.69) is 9.88 Å². The lowest BCUT2D eigenvalue weighted by atomic mass is 10.1. The molecule has 9 nitrogen and oxygen atoms in total. The third-order valence-corrected chi connectivity index (χ3v) is 5.87. The number of rotatable bonds is 6. The second-order valence-electron chi connectivity index (χ2n) is 7.87. The molecule has 0 spiro atoms. The van der Waals surface area contributed by atoms with Crippen molar-refractivity contribution in [1.82, 2.24) is 18.7 Å². The number of imidazole rings is 1. The topological polar surface area (TPSA) is 94.5 Å². The molecule has 0 bridgehead atoms. The molecular weight excluding hydrogens is 422 g/mol. The molecule has 31 heavy (non-hydrogen) atoms. The molecule has 3 aromatic rings. The Labute approximate surface area is 184 Å². The summed E-state index contributed by atoms with van der Waals surface area (Å²) in [7, 11) is 3.05. The van der Waals surface area contributed by atoms with Gasteiger partial charge in [0.15, 0.2) is 11.2 Å². The van der Waals surface area contributed by atoms with Gasteiger partial charge in [-0.15, -0.1) is 0 Å². The highest BCUT2D eigenvalue weighted by atomic mass is 35.5. The van der Waals surface area contributed by atoms with Gasteiger partial charge in [0.05, 0.1) is 6.54 Å². The number of piperidine rings is 1. The summed E-state index contributed by atoms with van der Waals surface area (Å²) in [6.45, 7) is 1.78. The molecule has 0 aliphatic carbocycles. The molecule has 0 unspecified atom stereocenters. The first-order valence-corrected chi connectivity index (χ1v) is 10.7. The maximum atomic E-state index is 13.0. The van der Waals surface area contributed by atoms with Crippen LogP contribution in [0.4, 0.5) is 5.95 Å². The Balaban J connectivity index is 1.69. The van der Waals surface area contributed by atoms with Crippen LogP contribution < -0.4 is 20.9 Å². The highest BCUT2D eigenvalue weighted by molar-refractivity contribution is 6.30. The zero-order valence-electron chi connectivity index (χ0n) is 17.6. The molecule has 1 atom stereocenters. The summed E-state index contributed by atoms with van der Waals surface area (Å²) >= 11 is 5.89. The Hall–Kier alpha value is -2.78. The van der Waals surface area contributed by atoms with E-state index < -0.39 is 17.4 Å². The van der Waals surface area contributed by atoms with Crippen molar-refractivity contribution in [2.24, 2.45) is 14.1 Å². The van der Waals surface area contributed by atoms with Crippen LogP contribution in [0, 0.1) is 0 Å². The molecule has 1 saturated heterocycles. The van der Waals surface area contributed by atoms with E-state index in [0.717, 1.165) is 36.9 Å². The lowest BCUT2D eigenvalue weighted by Crippen LogP contribution is -2.38. The standard InChI is InChI=1S/C21H26ClN5O4/c1-24-18-17(19(29)25(2)21(24)30)27(20(23-18)26-10-4-3-5-11-26)12-15(28)13-31-16-8-6-14(22)7-9-16/h6-9,15,28H,3-5,10-13H2,1-2H3/t15-/m1/s1. The van der Waals surface area contributed by atoms with E-state index in [1.807, 2.05) is 0 Å². The Morgan fingerprint density at radius 3 is 2.45 bits per heavy atom. The summed E-state index contributed by atoms with van der Waals surface area (Å²) in [5.41, 5.74) is -0.242. The van der Waals surface area contributed by atoms with E-state index in [4.69, 9.17) is 16.3 Å². The average molecular weight is 448 g/mol. The predicted octanol–water partition coefficient (Wildman–Crippen LogP) is 1.52. The molecule has 1 aliphatic rings. The number of hydrogen-bond acceptors (Lipinski definition) is 6. The van der Waals surface area contributed by atoms with Crippen molar-refractivity contribution in [1.29, 1.82) is 0 Å². The summed E-state index contributed by atoms with van der Waals surface area (Å²) in [6.07, 6.45) is 2.32. The van der Waals surface area contributed by atoms with Gasteiger partial charge in [-0.05, 0) is 43.5 Å². The number of aryl methyl sites for hydroxylation is 1. The first-order chi connectivity index (χ1) is 14.9. The summed E-state index contributed by atoms with van der Waals surface area (Å²) in [5.74, 6) is 1.19. The number of nitrogens with zero attached hydrogens (tertiary/aromatic N) is 5. The van der Waals surface area contributed by atoms with Gasteiger partial charge in [0, 0.05) is 32.2 Å². The van der Waals surface area contributed by atoms with Crippen molar-refractivity contribution in [2.75, 3.05) is 24.6 Å². The van der Waals surface area contributed by atoms with Gasteiger partial charge in [0.25, 0.3) is 5.56 Å². The molecule has 1 aliphatic heterocycles. The van der Waals surface area contributed by atoms with Gasteiger partial charge in [-0.3, -0.25) is 13.9 Å². The fourth-order valence-corrected chi connectivity index (χ4v) is 4.06. The summed E-state index contributed by atoms with van der Waals surface area (Å²) in [6, 6.07) is 6.88. The molecule has 1 N–H and O–H groups in total. The lowest BCUT2D eigenvalue weighted by Gasteiger charge is -2.28. The quantitative estimate of drug-likeness (QED) is 0.615. The van der Waals surface area contributed by atoms with Crippen molar-refractivity contribution in [2.45, 2.75) is 31.9 Å². The van der Waals surface area contributed by atoms with E-state index in [1.165, 1.54) is 11.6 Å². The molecule has 0 saturated carbocycles. The van der Waals surface area contributed by atoms with Crippen LogP contribution >= 0.6 is 11.6 Å². The van der Waals surface area contributed by atoms with Crippen LogP contribution in [0.25, 0.3) is 11.2 Å². The Kier molecular flexibility index (Phi) is 6.06. The van der Waals surface area contributed by atoms with Gasteiger partial charge in [0.2, 0.25) is 5.95 Å². The molecular formula is C21H26ClN5O4. The first kappa shape index (κ1) is 21.5. The molecule has 1 aromatic carbocycles. The number of benzene rings is 1. The minimum Gasteiger partial charge on any atom is -0.491 e. The van der Waals surface area contributed by atoms with Crippen molar-refractivity contribution in [3.05, 3.63) is 50.1 Å². The van der Waals surface area contributed by atoms with Crippen LogP contribution in [0.5, 0.6) is 5.75 Å². The third-order valence-electron chi connectivity index (χ3n) is 5.62. The van der Waals surface area contributed by atoms with Gasteiger partial charge in [-0.1, -0.05) is 11.6 Å². The van der Waals surface area contributed by atoms with Gasteiger partial charge in [-0.2, -0.15) is 4.98 Å². The van der Waals surface area contributed by atoms with Crippen molar-refractivity contribution < 1.29 is 9.84 Å². The van der Waals surface area contributed by atoms with Crippen LogP contribution in [0.1, 0.15) is 19.3 Å². The molecule has 166 valence electrons. The van der Waals surface area contributed by atoms with Crippen LogP contribution in [0.2, 0.25) is 5.02 Å². The fraction of sp³-hybridized carbons (Fsp3) is 0.476. The van der Waals surface area contributed by atoms with E-state index in [9.17, 15) is 14.7 Å². The van der Waals surface area contributed by atoms with Crippen LogP contribution in [-0.4, -0.2) is 49.6 Å². The molecule has 3 heterocycles. The molecule has 0 amide bonds. The normalized spacial score (nSPS) is 15.4. The second kappa shape index (κ2) is 8.76. The number of aliphatic hydroxyl groups excluding tert-OH is 1. The number of aliphatic hydroxyl groups is 1. The largest absolute Gasteiger partial charge is 0.491 e. The second-order valence-corrected chi connectivity index (χ2v) is 8.30. The van der Waals surface area contributed by atoms with Gasteiger partial charge < -0.3 is 19.3 Å². The Morgan fingerprint density at radius 2 is 1.77 bits per heavy atom. The number of anilines is 1. The molecule has 4 rings (SSSR count). The summed E-state index contributed by atoms with van der Waals surface area (Å²) in [4.78, 5) is 32.1. The molecule has 10 heteroatoms. The zero-order chi connectivity index (χ0) is 22.1. The highest BCUT2D eigenvalue weighted by Gasteiger charge is 2.25. The van der Waals surface area contributed by atoms with E-state index >= 15 is 0 Å². The van der Waals surface area contributed by atoms with Crippen LogP contribution in [0.15, 0.2) is 33.9 Å². The maximum absolute atomic E-state index is 13.0. The molecule has 0 radical (unpaired) electrons. The number of aromatic nitrogens is 4. The van der Waals surface area contributed by atoms with Gasteiger partial charge in [-0.25, -0.2) is 4.79 Å². The fourth-order valence-electron chi connectivity index (χ4n) is 3.93. The van der Waals surface area contributed by atoms with Crippen LogP contribution in [0.3, 0.4) is 0 Å². The Bertz CT molecular complexity index is 1190. The third kappa shape index (κ3) is 4.20. The highest BCUT2D eigenvalue weighted by Crippen LogP contribution is 2.24. The van der Waals surface area contributed by atoms with Gasteiger partial charge in [0.1, 0.15) is 18.5 Å². The molecule has 1 fully saturated rings. The van der Waals surface area contributed by atoms with Crippen molar-refractivity contribution >= 4 is 28.7 Å². The number of ether oxygens (including phenoxy) is 1. The predicted molar refractivity (Wildman–Crippen MR) is 119 cm³/mol. The number of fused-ring (bicyclic) bond motifs is 1. The Morgan fingerprint density at radius 1 is 1.10 bits per heavy atom. The lowest BCUT2D eigenvalue weighted by molar-refractivity contribution is 0.0936. The van der Waals surface area contributed by atoms with E-state index in [1.54, 1.807) is 35.9 Å². The SMILES string of the molecule is Cn1c(=O)c2c(nc(N3CCCCC3)n2C[C@@H](O)COc2ccc(Cl)cc2)n(C)c1=O. The van der Waals surface area contributed by atoms with Crippen molar-refractivity contribution in [3.63, 3.8) is 0 Å². The zero-order valence-corrected chi connectivity index (χ0v) is 18.4. The monoisotopic (exact) mass is 447 g/mol. The summed E-state index contributed by atoms with van der Waals surface area (Å²) in [5, 5.41) is 11.3.